The molecule has 2 aromatic rings. The molecule has 1 aliphatic carbocycles. The Balaban J connectivity index is 1.77. The second-order valence-electron chi connectivity index (χ2n) is 7.85. The zero-order valence-corrected chi connectivity index (χ0v) is 17.1. The number of hydrogen-bond donors (Lipinski definition) is 2. The number of carbonyl (C=O) groups is 1. The number of rotatable bonds is 3. The number of nitrogens with one attached hydrogen (secondary N) is 1. The molecule has 0 radical (unpaired) electrons. The molecule has 1 saturated carbocycles. The van der Waals surface area contributed by atoms with Crippen molar-refractivity contribution in [1.29, 1.82) is 0 Å². The van der Waals surface area contributed by atoms with Crippen LogP contribution >= 0.6 is 11.6 Å². The van der Waals surface area contributed by atoms with Gasteiger partial charge in [0.05, 0.1) is 17.2 Å². The van der Waals surface area contributed by atoms with E-state index in [2.05, 4.69) is 5.32 Å². The first-order valence-electron chi connectivity index (χ1n) is 9.70. The van der Waals surface area contributed by atoms with Crippen LogP contribution in [0.25, 0.3) is 16.7 Å². The molecule has 2 N–H and O–H groups in total. The van der Waals surface area contributed by atoms with Crippen molar-refractivity contribution in [3.05, 3.63) is 64.1 Å². The molecule has 0 bridgehead atoms. The fourth-order valence-electron chi connectivity index (χ4n) is 4.40. The zero-order chi connectivity index (χ0) is 20.8. The van der Waals surface area contributed by atoms with Gasteiger partial charge in [-0.1, -0.05) is 23.7 Å². The van der Waals surface area contributed by atoms with Crippen LogP contribution in [-0.4, -0.2) is 29.8 Å². The maximum absolute atomic E-state index is 14.4. The molecule has 152 valence electrons. The summed E-state index contributed by atoms with van der Waals surface area (Å²) in [5, 5.41) is 14.4. The normalized spacial score (nSPS) is 24.3. The standard InChI is InChI=1S/C23H23ClFNO3/c1-13-3-4-14(17-6-5-15(24)12-19(17)25)11-18(13)20-21(27)23(26-22(20)28)9-7-16(29-2)8-10-23/h3-6,11-12,16,27H,7-10H2,1-2H3,(H,26,28). The van der Waals surface area contributed by atoms with Gasteiger partial charge in [-0.3, -0.25) is 4.79 Å². The Labute approximate surface area is 174 Å². The number of methoxy groups -OCH3 is 1. The second kappa shape index (κ2) is 7.47. The minimum Gasteiger partial charge on any atom is -0.509 e. The van der Waals surface area contributed by atoms with Gasteiger partial charge in [-0.25, -0.2) is 4.39 Å². The Hall–Kier alpha value is -2.37. The SMILES string of the molecule is COC1CCC2(CC1)NC(=O)C(c1cc(-c3ccc(Cl)cc3F)ccc1C)=C2O. The minimum atomic E-state index is -0.741. The van der Waals surface area contributed by atoms with Crippen LogP contribution in [0, 0.1) is 12.7 Å². The van der Waals surface area contributed by atoms with Crippen LogP contribution in [0.1, 0.15) is 36.8 Å². The lowest BCUT2D eigenvalue weighted by Crippen LogP contribution is -2.48. The van der Waals surface area contributed by atoms with E-state index in [-0.39, 0.29) is 23.3 Å². The Morgan fingerprint density at radius 3 is 2.55 bits per heavy atom. The predicted octanol–water partition coefficient (Wildman–Crippen LogP) is 5.18. The molecule has 2 aromatic carbocycles. The average molecular weight is 416 g/mol. The summed E-state index contributed by atoms with van der Waals surface area (Å²) in [6.07, 6.45) is 2.92. The van der Waals surface area contributed by atoms with E-state index in [4.69, 9.17) is 16.3 Å². The van der Waals surface area contributed by atoms with Gasteiger partial charge < -0.3 is 15.2 Å². The van der Waals surface area contributed by atoms with E-state index in [1.54, 1.807) is 31.4 Å². The molecule has 0 aromatic heterocycles. The monoisotopic (exact) mass is 415 g/mol. The number of hydrogen-bond acceptors (Lipinski definition) is 3. The molecule has 0 saturated heterocycles. The van der Waals surface area contributed by atoms with Gasteiger partial charge >= 0.3 is 0 Å². The first-order chi connectivity index (χ1) is 13.8. The molecule has 1 spiro atoms. The largest absolute Gasteiger partial charge is 0.509 e. The summed E-state index contributed by atoms with van der Waals surface area (Å²) >= 11 is 5.86. The Bertz CT molecular complexity index is 1010. The van der Waals surface area contributed by atoms with Crippen molar-refractivity contribution in [1.82, 2.24) is 5.32 Å². The summed E-state index contributed by atoms with van der Waals surface area (Å²) in [6, 6.07) is 9.89. The van der Waals surface area contributed by atoms with Crippen LogP contribution in [-0.2, 0) is 9.53 Å². The van der Waals surface area contributed by atoms with Crippen LogP contribution in [0.3, 0.4) is 0 Å². The number of aliphatic hydroxyl groups is 1. The number of carbonyl (C=O) groups excluding carboxylic acids is 1. The lowest BCUT2D eigenvalue weighted by molar-refractivity contribution is -0.116. The van der Waals surface area contributed by atoms with Crippen LogP contribution < -0.4 is 5.32 Å². The van der Waals surface area contributed by atoms with E-state index in [0.29, 0.717) is 34.6 Å². The first kappa shape index (κ1) is 19.9. The van der Waals surface area contributed by atoms with Crippen molar-refractivity contribution >= 4 is 23.1 Å². The number of benzene rings is 2. The van der Waals surface area contributed by atoms with Crippen molar-refractivity contribution in [2.24, 2.45) is 0 Å². The number of amides is 1. The molecule has 4 nitrogen and oxygen atoms in total. The fraction of sp³-hybridized carbons (Fsp3) is 0.348. The van der Waals surface area contributed by atoms with E-state index in [9.17, 15) is 14.3 Å². The topological polar surface area (TPSA) is 58.6 Å². The molecular weight excluding hydrogens is 393 g/mol. The van der Waals surface area contributed by atoms with Crippen LogP contribution in [0.5, 0.6) is 0 Å². The molecule has 29 heavy (non-hydrogen) atoms. The maximum Gasteiger partial charge on any atom is 0.256 e. The number of halogens is 2. The molecule has 0 atom stereocenters. The van der Waals surface area contributed by atoms with Gasteiger partial charge in [0.2, 0.25) is 0 Å². The number of aliphatic hydroxyl groups excluding tert-OH is 1. The number of aryl methyl sites for hydroxylation is 1. The van der Waals surface area contributed by atoms with Crippen molar-refractivity contribution in [3.63, 3.8) is 0 Å². The van der Waals surface area contributed by atoms with Crippen LogP contribution in [0.15, 0.2) is 42.2 Å². The van der Waals surface area contributed by atoms with Gasteiger partial charge in [0.15, 0.2) is 0 Å². The smallest absolute Gasteiger partial charge is 0.256 e. The van der Waals surface area contributed by atoms with Crippen molar-refractivity contribution < 1.29 is 19.0 Å². The van der Waals surface area contributed by atoms with Gasteiger partial charge in [-0.05, 0) is 73.6 Å². The van der Waals surface area contributed by atoms with Crippen molar-refractivity contribution in [3.8, 4) is 11.1 Å². The van der Waals surface area contributed by atoms with Crippen molar-refractivity contribution in [2.45, 2.75) is 44.2 Å². The molecular formula is C23H23ClFNO3. The quantitative estimate of drug-likeness (QED) is 0.726. The van der Waals surface area contributed by atoms with Gasteiger partial charge in [0.25, 0.3) is 5.91 Å². The molecule has 1 heterocycles. The molecule has 6 heteroatoms. The van der Waals surface area contributed by atoms with Crippen molar-refractivity contribution in [2.75, 3.05) is 7.11 Å². The molecule has 0 unspecified atom stereocenters. The highest BCUT2D eigenvalue weighted by Gasteiger charge is 2.48. The third-order valence-electron chi connectivity index (χ3n) is 6.14. The molecule has 1 aliphatic heterocycles. The Morgan fingerprint density at radius 1 is 1.17 bits per heavy atom. The highest BCUT2D eigenvalue weighted by atomic mass is 35.5. The second-order valence-corrected chi connectivity index (χ2v) is 8.29. The average Bonchev–Trinajstić information content (AvgIpc) is 2.93. The third kappa shape index (κ3) is 3.43. The summed E-state index contributed by atoms with van der Waals surface area (Å²) in [7, 11) is 1.68. The van der Waals surface area contributed by atoms with E-state index >= 15 is 0 Å². The third-order valence-corrected chi connectivity index (χ3v) is 6.37. The Kier molecular flexibility index (Phi) is 5.13. The lowest BCUT2D eigenvalue weighted by Gasteiger charge is -2.36. The molecule has 1 fully saturated rings. The summed E-state index contributed by atoms with van der Waals surface area (Å²) in [5.74, 6) is -0.653. The molecule has 1 amide bonds. The van der Waals surface area contributed by atoms with Gasteiger partial charge in [0.1, 0.15) is 11.6 Å². The van der Waals surface area contributed by atoms with Gasteiger partial charge in [-0.2, -0.15) is 0 Å². The lowest BCUT2D eigenvalue weighted by atomic mass is 9.79. The highest BCUT2D eigenvalue weighted by molar-refractivity contribution is 6.30. The highest BCUT2D eigenvalue weighted by Crippen LogP contribution is 2.43. The van der Waals surface area contributed by atoms with E-state index < -0.39 is 11.4 Å². The molecule has 4 rings (SSSR count). The van der Waals surface area contributed by atoms with E-state index in [1.807, 2.05) is 13.0 Å². The van der Waals surface area contributed by atoms with E-state index in [0.717, 1.165) is 18.4 Å². The zero-order valence-electron chi connectivity index (χ0n) is 16.4. The van der Waals surface area contributed by atoms with Crippen LogP contribution in [0.4, 0.5) is 4.39 Å². The fourth-order valence-corrected chi connectivity index (χ4v) is 4.56. The minimum absolute atomic E-state index is 0.0777. The van der Waals surface area contributed by atoms with E-state index in [1.165, 1.54) is 6.07 Å². The van der Waals surface area contributed by atoms with Crippen LogP contribution in [0.2, 0.25) is 5.02 Å². The Morgan fingerprint density at radius 2 is 1.90 bits per heavy atom. The van der Waals surface area contributed by atoms with Gasteiger partial charge in [0, 0.05) is 17.7 Å². The summed E-state index contributed by atoms with van der Waals surface area (Å²) in [5.41, 5.74) is 1.99. The summed E-state index contributed by atoms with van der Waals surface area (Å²) in [6.45, 7) is 1.87. The first-order valence-corrected chi connectivity index (χ1v) is 10.1. The maximum atomic E-state index is 14.4. The summed E-state index contributed by atoms with van der Waals surface area (Å²) < 4.78 is 19.8. The summed E-state index contributed by atoms with van der Waals surface area (Å²) in [4.78, 5) is 12.9. The number of ether oxygens (including phenoxy) is 1. The van der Waals surface area contributed by atoms with Gasteiger partial charge in [-0.15, -0.1) is 0 Å². The molecule has 2 aliphatic rings. The predicted molar refractivity (Wildman–Crippen MR) is 111 cm³/mol.